The van der Waals surface area contributed by atoms with Crippen LogP contribution in [0.25, 0.3) is 0 Å². The summed E-state index contributed by atoms with van der Waals surface area (Å²) in [5.41, 5.74) is 0. The molecule has 0 heterocycles. The van der Waals surface area contributed by atoms with Gasteiger partial charge in [0.05, 0.1) is 0 Å². The SMILES string of the molecule is [Co].[Li].[Ni].[O]=[Sn]. The maximum absolute atomic E-state index is 8.34. The van der Waals surface area contributed by atoms with Crippen molar-refractivity contribution >= 4 is 41.4 Å². The quantitative estimate of drug-likeness (QED) is 0.516. The van der Waals surface area contributed by atoms with Crippen LogP contribution in [0.15, 0.2) is 0 Å². The molecule has 1 nitrogen and oxygen atoms in total. The Balaban J connectivity index is -0.00000000167. The van der Waals surface area contributed by atoms with Crippen molar-refractivity contribution in [2.45, 2.75) is 0 Å². The van der Waals surface area contributed by atoms with Gasteiger partial charge < -0.3 is 0 Å². The van der Waals surface area contributed by atoms with Gasteiger partial charge in [-0.15, -0.1) is 0 Å². The van der Waals surface area contributed by atoms with E-state index in [9.17, 15) is 0 Å². The Hall–Kier alpha value is 2.20. The third-order valence-corrected chi connectivity index (χ3v) is 0. The van der Waals surface area contributed by atoms with E-state index < -0.39 is 0 Å². The van der Waals surface area contributed by atoms with E-state index >= 15 is 0 Å². The van der Waals surface area contributed by atoms with Crippen LogP contribution >= 0.6 is 0 Å². The second-order valence-corrected chi connectivity index (χ2v) is 0. The Morgan fingerprint density at radius 3 is 1.20 bits per heavy atom. The Labute approximate surface area is 76.8 Å². The van der Waals surface area contributed by atoms with E-state index in [0.29, 0.717) is 22.5 Å². The van der Waals surface area contributed by atoms with Crippen LogP contribution in [-0.4, -0.2) is 41.4 Å². The van der Waals surface area contributed by atoms with Crippen LogP contribution in [0.1, 0.15) is 0 Å². The molecule has 30 valence electrons. The molecule has 0 bridgehead atoms. The first-order chi connectivity index (χ1) is 1.00. The standard InChI is InChI=1S/Co.Li.Ni.O.Sn. The zero-order valence-corrected chi connectivity index (χ0v) is 7.44. The third kappa shape index (κ3) is 22.6. The fourth-order valence-electron chi connectivity index (χ4n) is 0. The van der Waals surface area contributed by atoms with Crippen molar-refractivity contribution in [3.8, 4) is 0 Å². The second kappa shape index (κ2) is 34.7. The summed E-state index contributed by atoms with van der Waals surface area (Å²) in [5, 5.41) is 0. The van der Waals surface area contributed by atoms with Gasteiger partial charge in [0.25, 0.3) is 0 Å². The molecule has 0 aliphatic carbocycles. The minimum absolute atomic E-state index is 0. The third-order valence-electron chi connectivity index (χ3n) is 0. The molecule has 0 saturated heterocycles. The van der Waals surface area contributed by atoms with Gasteiger partial charge in [-0.2, -0.15) is 0 Å². The summed E-state index contributed by atoms with van der Waals surface area (Å²) in [5.74, 6) is 0. The van der Waals surface area contributed by atoms with E-state index in [1.54, 1.807) is 0 Å². The molecule has 0 atom stereocenters. The Morgan fingerprint density at radius 2 is 1.20 bits per heavy atom. The first-order valence-electron chi connectivity index (χ1n) is 0.204. The Kier molecular flexibility index (Phi) is 188. The zero-order chi connectivity index (χ0) is 2.00. The van der Waals surface area contributed by atoms with Crippen LogP contribution in [0.4, 0.5) is 0 Å². The normalized spacial score (nSPS) is 0.800. The molecular weight excluding hydrogens is 259 g/mol. The van der Waals surface area contributed by atoms with Gasteiger partial charge >= 0.3 is 25.6 Å². The molecule has 0 aliphatic rings. The van der Waals surface area contributed by atoms with Crippen LogP contribution in [0.2, 0.25) is 0 Å². The van der Waals surface area contributed by atoms with E-state index in [2.05, 4.69) is 0 Å². The van der Waals surface area contributed by atoms with Gasteiger partial charge in [-0.25, -0.2) is 0 Å². The van der Waals surface area contributed by atoms with Crippen molar-refractivity contribution in [1.29, 1.82) is 0 Å². The predicted octanol–water partition coefficient (Wildman–Crippen LogP) is -0.885. The second-order valence-electron chi connectivity index (χ2n) is 0. The minimum atomic E-state index is 0. The van der Waals surface area contributed by atoms with Crippen LogP contribution in [-0.2, 0) is 36.3 Å². The van der Waals surface area contributed by atoms with Crippen LogP contribution in [0.5, 0.6) is 0 Å². The molecule has 0 aromatic carbocycles. The molecule has 0 fully saturated rings. The number of hydrogen-bond acceptors (Lipinski definition) is 1. The van der Waals surface area contributed by atoms with Gasteiger partial charge in [-0.3, -0.25) is 0 Å². The summed E-state index contributed by atoms with van der Waals surface area (Å²) in [6.07, 6.45) is 0. The molecule has 0 saturated carbocycles. The van der Waals surface area contributed by atoms with Gasteiger partial charge in [-0.05, 0) is 0 Å². The monoisotopic (exact) mass is 260 g/mol. The predicted molar refractivity (Wildman–Crippen MR) is 12.2 cm³/mol. The van der Waals surface area contributed by atoms with Crippen molar-refractivity contribution in [1.82, 2.24) is 0 Å². The van der Waals surface area contributed by atoms with E-state index in [0.717, 1.165) is 0 Å². The molecule has 5 heavy (non-hydrogen) atoms. The molecule has 0 N–H and O–H groups in total. The van der Waals surface area contributed by atoms with Crippen molar-refractivity contribution < 1.29 is 36.3 Å². The summed E-state index contributed by atoms with van der Waals surface area (Å²) in [6.45, 7) is 0. The molecule has 0 aromatic rings. The van der Waals surface area contributed by atoms with Crippen molar-refractivity contribution in [3.05, 3.63) is 0 Å². The van der Waals surface area contributed by atoms with E-state index in [1.807, 2.05) is 0 Å². The van der Waals surface area contributed by atoms with E-state index in [-0.39, 0.29) is 52.1 Å². The maximum atomic E-state index is 8.34. The van der Waals surface area contributed by atoms with E-state index in [4.69, 9.17) is 3.08 Å². The topological polar surface area (TPSA) is 17.1 Å². The fourth-order valence-corrected chi connectivity index (χ4v) is 0. The average molecular weight is 259 g/mol. The van der Waals surface area contributed by atoms with Crippen molar-refractivity contribution in [2.75, 3.05) is 0 Å². The summed E-state index contributed by atoms with van der Waals surface area (Å²) in [6, 6.07) is 0. The molecule has 0 unspecified atom stereocenters. The Bertz CT molecular complexity index is 11.6. The van der Waals surface area contributed by atoms with Gasteiger partial charge in [0.15, 0.2) is 0 Å². The van der Waals surface area contributed by atoms with Gasteiger partial charge in [-0.1, -0.05) is 0 Å². The summed E-state index contributed by atoms with van der Waals surface area (Å²) >= 11 is 0.300. The Morgan fingerprint density at radius 1 is 1.20 bits per heavy atom. The fraction of sp³-hybridized carbons (Fsp3) is 0. The molecule has 0 aromatic heterocycles. The van der Waals surface area contributed by atoms with Crippen molar-refractivity contribution in [3.63, 3.8) is 0 Å². The number of rotatable bonds is 0. The van der Waals surface area contributed by atoms with Gasteiger partial charge in [0.1, 0.15) is 0 Å². The number of hydrogen-bond donors (Lipinski definition) is 0. The van der Waals surface area contributed by atoms with Gasteiger partial charge in [0.2, 0.25) is 0 Å². The molecule has 0 aliphatic heterocycles. The summed E-state index contributed by atoms with van der Waals surface area (Å²) in [4.78, 5) is 0. The van der Waals surface area contributed by atoms with E-state index in [1.165, 1.54) is 0 Å². The molecular formula is CoLiNiOSn. The van der Waals surface area contributed by atoms with Gasteiger partial charge in [0, 0.05) is 52.1 Å². The van der Waals surface area contributed by atoms with Crippen LogP contribution < -0.4 is 0 Å². The van der Waals surface area contributed by atoms with Crippen molar-refractivity contribution in [2.24, 2.45) is 0 Å². The molecule has 0 amide bonds. The molecule has 5 heteroatoms. The summed E-state index contributed by atoms with van der Waals surface area (Å²) < 4.78 is 8.34. The molecule has 0 spiro atoms. The first kappa shape index (κ1) is 27.0. The van der Waals surface area contributed by atoms with Crippen LogP contribution in [0, 0.1) is 0 Å². The first-order valence-corrected chi connectivity index (χ1v) is 1.37. The van der Waals surface area contributed by atoms with Crippen LogP contribution in [0.3, 0.4) is 0 Å². The molecule has 0 rings (SSSR count). The zero-order valence-electron chi connectivity index (χ0n) is 2.56. The molecule has 4 radical (unpaired) electrons. The average Bonchev–Trinajstić information content (AvgIpc) is 1.00. The summed E-state index contributed by atoms with van der Waals surface area (Å²) in [7, 11) is 0.